The Bertz CT molecular complexity index is 838. The first kappa shape index (κ1) is 14.7. The van der Waals surface area contributed by atoms with Crippen LogP contribution in [0.3, 0.4) is 0 Å². The average molecular weight is 322 g/mol. The van der Waals surface area contributed by atoms with Gasteiger partial charge in [0.05, 0.1) is 6.20 Å². The van der Waals surface area contributed by atoms with Gasteiger partial charge in [0, 0.05) is 55.4 Å². The number of carbonyl (C=O) groups is 1. The van der Waals surface area contributed by atoms with E-state index in [0.29, 0.717) is 18.8 Å². The standard InChI is InChI=1S/C18H18N4O2/c23-18(16-12-19-8-9-21-16)22-10-5-13(6-11-22)24-17-3-1-2-15-14(17)4-7-20-15/h1-4,7-9,12-13,20H,5-6,10-11H2. The number of likely N-dealkylation sites (tertiary alicyclic amines) is 1. The minimum Gasteiger partial charge on any atom is -0.490 e. The Balaban J connectivity index is 1.40. The van der Waals surface area contributed by atoms with Gasteiger partial charge in [-0.2, -0.15) is 0 Å². The van der Waals surface area contributed by atoms with Crippen LogP contribution in [0.15, 0.2) is 49.1 Å². The molecule has 1 fully saturated rings. The molecule has 1 aromatic carbocycles. The third kappa shape index (κ3) is 2.82. The number of aromatic nitrogens is 3. The van der Waals surface area contributed by atoms with Crippen molar-refractivity contribution in [3.8, 4) is 5.75 Å². The second-order valence-electron chi connectivity index (χ2n) is 5.90. The molecule has 3 heterocycles. The zero-order valence-electron chi connectivity index (χ0n) is 13.2. The maximum absolute atomic E-state index is 12.4. The maximum Gasteiger partial charge on any atom is 0.274 e. The number of benzene rings is 1. The van der Waals surface area contributed by atoms with Crippen molar-refractivity contribution in [3.63, 3.8) is 0 Å². The van der Waals surface area contributed by atoms with E-state index in [9.17, 15) is 4.79 Å². The number of hydrogen-bond donors (Lipinski definition) is 1. The predicted octanol–water partition coefficient (Wildman–Crippen LogP) is 2.64. The van der Waals surface area contributed by atoms with Crippen molar-refractivity contribution in [2.24, 2.45) is 0 Å². The summed E-state index contributed by atoms with van der Waals surface area (Å²) in [4.78, 5) is 25.4. The molecule has 0 bridgehead atoms. The van der Waals surface area contributed by atoms with Crippen molar-refractivity contribution >= 4 is 16.8 Å². The van der Waals surface area contributed by atoms with Crippen molar-refractivity contribution in [2.45, 2.75) is 18.9 Å². The molecule has 0 spiro atoms. The van der Waals surface area contributed by atoms with Crippen molar-refractivity contribution in [1.82, 2.24) is 19.9 Å². The van der Waals surface area contributed by atoms with Crippen LogP contribution >= 0.6 is 0 Å². The molecule has 1 aliphatic rings. The summed E-state index contributed by atoms with van der Waals surface area (Å²) in [5.41, 5.74) is 1.47. The summed E-state index contributed by atoms with van der Waals surface area (Å²) < 4.78 is 6.17. The second-order valence-corrected chi connectivity index (χ2v) is 5.90. The van der Waals surface area contributed by atoms with Crippen LogP contribution in [0.25, 0.3) is 10.9 Å². The van der Waals surface area contributed by atoms with Crippen molar-refractivity contribution in [2.75, 3.05) is 13.1 Å². The molecule has 1 amide bonds. The lowest BCUT2D eigenvalue weighted by molar-refractivity contribution is 0.0592. The third-order valence-corrected chi connectivity index (χ3v) is 4.36. The Morgan fingerprint density at radius 1 is 1.21 bits per heavy atom. The molecule has 1 saturated heterocycles. The van der Waals surface area contributed by atoms with Crippen molar-refractivity contribution in [1.29, 1.82) is 0 Å². The first-order valence-corrected chi connectivity index (χ1v) is 8.09. The molecule has 1 N–H and O–H groups in total. The van der Waals surface area contributed by atoms with Crippen LogP contribution in [-0.4, -0.2) is 45.0 Å². The fourth-order valence-electron chi connectivity index (χ4n) is 3.09. The van der Waals surface area contributed by atoms with Crippen molar-refractivity contribution < 1.29 is 9.53 Å². The van der Waals surface area contributed by atoms with E-state index >= 15 is 0 Å². The van der Waals surface area contributed by atoms with E-state index < -0.39 is 0 Å². The van der Waals surface area contributed by atoms with Gasteiger partial charge in [0.25, 0.3) is 5.91 Å². The fraction of sp³-hybridized carbons (Fsp3) is 0.278. The van der Waals surface area contributed by atoms with Gasteiger partial charge < -0.3 is 14.6 Å². The molecular formula is C18H18N4O2. The third-order valence-electron chi connectivity index (χ3n) is 4.36. The summed E-state index contributed by atoms with van der Waals surface area (Å²) in [6.45, 7) is 1.34. The van der Waals surface area contributed by atoms with Crippen LogP contribution in [0, 0.1) is 0 Å². The number of amides is 1. The molecule has 122 valence electrons. The van der Waals surface area contributed by atoms with Crippen molar-refractivity contribution in [3.05, 3.63) is 54.7 Å². The minimum atomic E-state index is -0.0608. The zero-order chi connectivity index (χ0) is 16.4. The van der Waals surface area contributed by atoms with E-state index in [1.807, 2.05) is 35.4 Å². The summed E-state index contributed by atoms with van der Waals surface area (Å²) >= 11 is 0. The smallest absolute Gasteiger partial charge is 0.274 e. The van der Waals surface area contributed by atoms with Crippen LogP contribution in [0.5, 0.6) is 5.75 Å². The predicted molar refractivity (Wildman–Crippen MR) is 89.9 cm³/mol. The SMILES string of the molecule is O=C(c1cnccn1)N1CCC(Oc2cccc3[nH]ccc23)CC1. The number of nitrogens with zero attached hydrogens (tertiary/aromatic N) is 3. The van der Waals surface area contributed by atoms with Gasteiger partial charge in [0.2, 0.25) is 0 Å². The molecular weight excluding hydrogens is 304 g/mol. The first-order chi connectivity index (χ1) is 11.8. The highest BCUT2D eigenvalue weighted by Gasteiger charge is 2.25. The molecule has 6 nitrogen and oxygen atoms in total. The largest absolute Gasteiger partial charge is 0.490 e. The van der Waals surface area contributed by atoms with Gasteiger partial charge in [-0.15, -0.1) is 0 Å². The molecule has 0 unspecified atom stereocenters. The van der Waals surface area contributed by atoms with E-state index in [4.69, 9.17) is 4.74 Å². The first-order valence-electron chi connectivity index (χ1n) is 8.09. The van der Waals surface area contributed by atoms with Gasteiger partial charge in [-0.05, 0) is 18.2 Å². The van der Waals surface area contributed by atoms with E-state index in [-0.39, 0.29) is 12.0 Å². The minimum absolute atomic E-state index is 0.0608. The molecule has 0 atom stereocenters. The summed E-state index contributed by atoms with van der Waals surface area (Å²) in [5, 5.41) is 1.09. The average Bonchev–Trinajstić information content (AvgIpc) is 3.12. The Hall–Kier alpha value is -2.89. The van der Waals surface area contributed by atoms with Gasteiger partial charge in [0.1, 0.15) is 17.5 Å². The Kier molecular flexibility index (Phi) is 3.86. The molecule has 24 heavy (non-hydrogen) atoms. The molecule has 0 aliphatic carbocycles. The van der Waals surface area contributed by atoms with E-state index in [2.05, 4.69) is 15.0 Å². The topological polar surface area (TPSA) is 71.1 Å². The lowest BCUT2D eigenvalue weighted by atomic mass is 10.1. The maximum atomic E-state index is 12.4. The van der Waals surface area contributed by atoms with Crippen LogP contribution in [0.4, 0.5) is 0 Å². The molecule has 4 rings (SSSR count). The van der Waals surface area contributed by atoms with Crippen LogP contribution in [0.2, 0.25) is 0 Å². The van der Waals surface area contributed by atoms with Gasteiger partial charge >= 0.3 is 0 Å². The number of nitrogens with one attached hydrogen (secondary N) is 1. The number of ether oxygens (including phenoxy) is 1. The highest BCUT2D eigenvalue weighted by Crippen LogP contribution is 2.27. The molecule has 0 radical (unpaired) electrons. The zero-order valence-corrected chi connectivity index (χ0v) is 13.2. The normalized spacial score (nSPS) is 15.6. The lowest BCUT2D eigenvalue weighted by Crippen LogP contribution is -2.42. The van der Waals surface area contributed by atoms with E-state index in [1.165, 1.54) is 6.20 Å². The van der Waals surface area contributed by atoms with E-state index in [0.717, 1.165) is 29.5 Å². The molecule has 3 aromatic rings. The molecule has 0 saturated carbocycles. The Morgan fingerprint density at radius 3 is 2.88 bits per heavy atom. The van der Waals surface area contributed by atoms with Crippen LogP contribution < -0.4 is 4.74 Å². The number of H-pyrrole nitrogens is 1. The number of hydrogen-bond acceptors (Lipinski definition) is 4. The number of aromatic amines is 1. The quantitative estimate of drug-likeness (QED) is 0.805. The number of rotatable bonds is 3. The number of fused-ring (bicyclic) bond motifs is 1. The highest BCUT2D eigenvalue weighted by molar-refractivity contribution is 5.92. The summed E-state index contributed by atoms with van der Waals surface area (Å²) in [7, 11) is 0. The number of carbonyl (C=O) groups excluding carboxylic acids is 1. The molecule has 6 heteroatoms. The van der Waals surface area contributed by atoms with Crippen LogP contribution in [-0.2, 0) is 0 Å². The van der Waals surface area contributed by atoms with Gasteiger partial charge in [-0.1, -0.05) is 6.07 Å². The Labute approximate surface area is 139 Å². The monoisotopic (exact) mass is 322 g/mol. The highest BCUT2D eigenvalue weighted by atomic mass is 16.5. The summed E-state index contributed by atoms with van der Waals surface area (Å²) in [6, 6.07) is 8.04. The van der Waals surface area contributed by atoms with Gasteiger partial charge in [-0.25, -0.2) is 4.98 Å². The molecule has 1 aliphatic heterocycles. The number of piperidine rings is 1. The summed E-state index contributed by atoms with van der Waals surface area (Å²) in [5.74, 6) is 0.835. The molecule has 2 aromatic heterocycles. The van der Waals surface area contributed by atoms with E-state index in [1.54, 1.807) is 12.4 Å². The lowest BCUT2D eigenvalue weighted by Gasteiger charge is -2.32. The van der Waals surface area contributed by atoms with Gasteiger partial charge in [0.15, 0.2) is 0 Å². The van der Waals surface area contributed by atoms with Crippen LogP contribution in [0.1, 0.15) is 23.3 Å². The Morgan fingerprint density at radius 2 is 2.08 bits per heavy atom. The fourth-order valence-corrected chi connectivity index (χ4v) is 3.09. The second kappa shape index (κ2) is 6.31. The summed E-state index contributed by atoms with van der Waals surface area (Å²) in [6.07, 6.45) is 8.28. The van der Waals surface area contributed by atoms with Gasteiger partial charge in [-0.3, -0.25) is 9.78 Å².